The third-order valence-electron chi connectivity index (χ3n) is 2.81. The highest BCUT2D eigenvalue weighted by Gasteiger charge is 2.08. The van der Waals surface area contributed by atoms with Crippen LogP contribution < -0.4 is 5.73 Å². The zero-order chi connectivity index (χ0) is 12.1. The Kier molecular flexibility index (Phi) is 3.94. The van der Waals surface area contributed by atoms with E-state index >= 15 is 0 Å². The number of rotatable bonds is 5. The molecule has 0 saturated heterocycles. The molecule has 2 N–H and O–H groups in total. The van der Waals surface area contributed by atoms with Gasteiger partial charge in [0.2, 0.25) is 0 Å². The zero-order valence-corrected chi connectivity index (χ0v) is 10.1. The molecule has 0 saturated carbocycles. The fourth-order valence-electron chi connectivity index (χ4n) is 1.87. The van der Waals surface area contributed by atoms with Crippen LogP contribution in [0.5, 0.6) is 0 Å². The molecule has 0 aliphatic rings. The first kappa shape index (κ1) is 11.9. The summed E-state index contributed by atoms with van der Waals surface area (Å²) in [5.74, 6) is 1.63. The van der Waals surface area contributed by atoms with Gasteiger partial charge in [0.05, 0.1) is 6.20 Å². The van der Waals surface area contributed by atoms with Gasteiger partial charge in [0, 0.05) is 12.0 Å². The van der Waals surface area contributed by atoms with Crippen molar-refractivity contribution in [1.82, 2.24) is 4.98 Å². The van der Waals surface area contributed by atoms with Gasteiger partial charge in [0.25, 0.3) is 0 Å². The van der Waals surface area contributed by atoms with Crippen LogP contribution in [0.25, 0.3) is 11.3 Å². The summed E-state index contributed by atoms with van der Waals surface area (Å²) in [6.45, 7) is 2.81. The van der Waals surface area contributed by atoms with Crippen LogP contribution in [-0.4, -0.2) is 11.5 Å². The molecule has 1 aromatic heterocycles. The molecular weight excluding hydrogens is 212 g/mol. The van der Waals surface area contributed by atoms with E-state index in [2.05, 4.69) is 24.0 Å². The number of hydrogen-bond donors (Lipinski definition) is 1. The van der Waals surface area contributed by atoms with E-state index in [9.17, 15) is 0 Å². The lowest BCUT2D eigenvalue weighted by molar-refractivity contribution is 0.499. The van der Waals surface area contributed by atoms with Crippen LogP contribution in [0.2, 0.25) is 0 Å². The first-order chi connectivity index (χ1) is 8.35. The van der Waals surface area contributed by atoms with Gasteiger partial charge in [0.15, 0.2) is 11.7 Å². The van der Waals surface area contributed by atoms with Gasteiger partial charge in [-0.2, -0.15) is 0 Å². The molecule has 1 heterocycles. The van der Waals surface area contributed by atoms with Crippen molar-refractivity contribution in [2.24, 2.45) is 5.73 Å². The molecule has 0 aliphatic carbocycles. The lowest BCUT2D eigenvalue weighted by Crippen LogP contribution is -2.00. The van der Waals surface area contributed by atoms with Crippen LogP contribution >= 0.6 is 0 Å². The molecule has 0 aliphatic heterocycles. The van der Waals surface area contributed by atoms with Gasteiger partial charge in [-0.05, 0) is 24.9 Å². The van der Waals surface area contributed by atoms with Gasteiger partial charge in [-0.15, -0.1) is 0 Å². The molecule has 0 atom stereocenters. The van der Waals surface area contributed by atoms with Gasteiger partial charge in [-0.25, -0.2) is 4.98 Å². The highest BCUT2D eigenvalue weighted by molar-refractivity contribution is 5.61. The monoisotopic (exact) mass is 230 g/mol. The summed E-state index contributed by atoms with van der Waals surface area (Å²) in [5.41, 5.74) is 7.90. The van der Waals surface area contributed by atoms with Crippen LogP contribution in [0.15, 0.2) is 34.9 Å². The van der Waals surface area contributed by atoms with Gasteiger partial charge in [0.1, 0.15) is 0 Å². The summed E-state index contributed by atoms with van der Waals surface area (Å²) in [4.78, 5) is 4.28. The van der Waals surface area contributed by atoms with Crippen LogP contribution in [0, 0.1) is 0 Å². The summed E-state index contributed by atoms with van der Waals surface area (Å²) in [5, 5.41) is 0. The maximum Gasteiger partial charge on any atom is 0.194 e. The quantitative estimate of drug-likeness (QED) is 0.859. The zero-order valence-electron chi connectivity index (χ0n) is 10.1. The minimum Gasteiger partial charge on any atom is -0.441 e. The molecule has 2 rings (SSSR count). The first-order valence-electron chi connectivity index (χ1n) is 6.08. The van der Waals surface area contributed by atoms with Gasteiger partial charge < -0.3 is 10.2 Å². The second kappa shape index (κ2) is 5.64. The van der Waals surface area contributed by atoms with E-state index in [0.717, 1.165) is 36.5 Å². The van der Waals surface area contributed by atoms with Crippen molar-refractivity contribution in [2.75, 3.05) is 6.54 Å². The maximum absolute atomic E-state index is 5.75. The molecular formula is C14H18N2O. The average molecular weight is 230 g/mol. The van der Waals surface area contributed by atoms with Crippen LogP contribution in [0.4, 0.5) is 0 Å². The SMILES string of the molecule is CCc1ccccc1-c1cnc(CCCN)o1. The summed E-state index contributed by atoms with van der Waals surface area (Å²) in [6.07, 6.45) is 4.52. The number of nitrogens with zero attached hydrogens (tertiary/aromatic N) is 1. The van der Waals surface area contributed by atoms with Crippen molar-refractivity contribution in [3.8, 4) is 11.3 Å². The lowest BCUT2D eigenvalue weighted by Gasteiger charge is -2.03. The Balaban J connectivity index is 2.24. The summed E-state index contributed by atoms with van der Waals surface area (Å²) >= 11 is 0. The van der Waals surface area contributed by atoms with E-state index in [1.807, 2.05) is 12.1 Å². The van der Waals surface area contributed by atoms with Crippen molar-refractivity contribution < 1.29 is 4.42 Å². The summed E-state index contributed by atoms with van der Waals surface area (Å²) < 4.78 is 5.75. The highest BCUT2D eigenvalue weighted by atomic mass is 16.4. The van der Waals surface area contributed by atoms with Crippen molar-refractivity contribution in [3.63, 3.8) is 0 Å². The Morgan fingerprint density at radius 1 is 1.29 bits per heavy atom. The summed E-state index contributed by atoms with van der Waals surface area (Å²) in [7, 11) is 0. The lowest BCUT2D eigenvalue weighted by atomic mass is 10.0. The average Bonchev–Trinajstić information content (AvgIpc) is 2.85. The van der Waals surface area contributed by atoms with E-state index in [4.69, 9.17) is 10.2 Å². The van der Waals surface area contributed by atoms with E-state index < -0.39 is 0 Å². The smallest absolute Gasteiger partial charge is 0.194 e. The van der Waals surface area contributed by atoms with Crippen LogP contribution in [0.3, 0.4) is 0 Å². The van der Waals surface area contributed by atoms with E-state index in [1.165, 1.54) is 5.56 Å². The maximum atomic E-state index is 5.75. The first-order valence-corrected chi connectivity index (χ1v) is 6.08. The predicted octanol–water partition coefficient (Wildman–Crippen LogP) is 2.80. The highest BCUT2D eigenvalue weighted by Crippen LogP contribution is 2.25. The molecule has 0 fully saturated rings. The third kappa shape index (κ3) is 2.74. The summed E-state index contributed by atoms with van der Waals surface area (Å²) in [6, 6.07) is 8.27. The van der Waals surface area contributed by atoms with E-state index in [1.54, 1.807) is 6.20 Å². The van der Waals surface area contributed by atoms with E-state index in [0.29, 0.717) is 6.54 Å². The Morgan fingerprint density at radius 2 is 2.12 bits per heavy atom. The standard InChI is InChI=1S/C14H18N2O/c1-2-11-6-3-4-7-12(11)13-10-16-14(17-13)8-5-9-15/h3-4,6-7,10H,2,5,8-9,15H2,1H3. The van der Waals surface area contributed by atoms with Gasteiger partial charge in [-0.3, -0.25) is 0 Å². The molecule has 0 unspecified atom stereocenters. The molecule has 0 radical (unpaired) electrons. The number of aryl methyl sites for hydroxylation is 2. The van der Waals surface area contributed by atoms with Crippen molar-refractivity contribution in [1.29, 1.82) is 0 Å². The molecule has 0 amide bonds. The Labute approximate surface area is 102 Å². The minimum absolute atomic E-state index is 0.670. The number of aromatic nitrogens is 1. The number of benzene rings is 1. The third-order valence-corrected chi connectivity index (χ3v) is 2.81. The molecule has 0 bridgehead atoms. The van der Waals surface area contributed by atoms with Crippen molar-refractivity contribution >= 4 is 0 Å². The number of oxazole rings is 1. The van der Waals surface area contributed by atoms with Crippen LogP contribution in [-0.2, 0) is 12.8 Å². The number of hydrogen-bond acceptors (Lipinski definition) is 3. The fourth-order valence-corrected chi connectivity index (χ4v) is 1.87. The second-order valence-corrected chi connectivity index (χ2v) is 4.02. The van der Waals surface area contributed by atoms with Crippen LogP contribution in [0.1, 0.15) is 24.8 Å². The van der Waals surface area contributed by atoms with E-state index in [-0.39, 0.29) is 0 Å². The van der Waals surface area contributed by atoms with Gasteiger partial charge in [-0.1, -0.05) is 31.2 Å². The molecule has 0 spiro atoms. The Morgan fingerprint density at radius 3 is 2.88 bits per heavy atom. The van der Waals surface area contributed by atoms with Crippen molar-refractivity contribution in [2.45, 2.75) is 26.2 Å². The largest absolute Gasteiger partial charge is 0.441 e. The molecule has 1 aromatic carbocycles. The normalized spacial score (nSPS) is 10.7. The fraction of sp³-hybridized carbons (Fsp3) is 0.357. The Hall–Kier alpha value is -1.61. The molecule has 17 heavy (non-hydrogen) atoms. The molecule has 3 heteroatoms. The predicted molar refractivity (Wildman–Crippen MR) is 68.7 cm³/mol. The van der Waals surface area contributed by atoms with Gasteiger partial charge >= 0.3 is 0 Å². The topological polar surface area (TPSA) is 52.0 Å². The van der Waals surface area contributed by atoms with Crippen molar-refractivity contribution in [3.05, 3.63) is 41.9 Å². The Bertz CT molecular complexity index is 477. The minimum atomic E-state index is 0.670. The molecule has 90 valence electrons. The molecule has 3 nitrogen and oxygen atoms in total. The molecule has 2 aromatic rings. The number of nitrogens with two attached hydrogens (primary N) is 1. The second-order valence-electron chi connectivity index (χ2n) is 4.02.